The van der Waals surface area contributed by atoms with Crippen LogP contribution < -0.4 is 0 Å². The minimum atomic E-state index is -0.648. The van der Waals surface area contributed by atoms with Crippen molar-refractivity contribution in [3.8, 4) is 0 Å². The van der Waals surface area contributed by atoms with E-state index in [0.29, 0.717) is 5.56 Å². The Morgan fingerprint density at radius 1 is 1.14 bits per heavy atom. The lowest BCUT2D eigenvalue weighted by atomic mass is 9.80. The van der Waals surface area contributed by atoms with Crippen LogP contribution in [0.1, 0.15) is 44.1 Å². The zero-order chi connectivity index (χ0) is 15.5. The Balaban J connectivity index is 2.20. The molecule has 0 aliphatic heterocycles. The molecule has 0 bridgehead atoms. The number of rotatable bonds is 4. The first kappa shape index (κ1) is 16.4. The molecule has 2 nitrogen and oxygen atoms in total. The van der Waals surface area contributed by atoms with Gasteiger partial charge in [-0.3, -0.25) is 0 Å². The minimum Gasteiger partial charge on any atom is -0.391 e. The van der Waals surface area contributed by atoms with Crippen LogP contribution in [0.15, 0.2) is 18.2 Å². The minimum absolute atomic E-state index is 0.226. The van der Waals surface area contributed by atoms with E-state index < -0.39 is 17.7 Å². The molecule has 0 radical (unpaired) electrons. The quantitative estimate of drug-likeness (QED) is 0.860. The predicted octanol–water partition coefficient (Wildman–Crippen LogP) is 3.52. The lowest BCUT2D eigenvalue weighted by Crippen LogP contribution is -2.54. The van der Waals surface area contributed by atoms with Gasteiger partial charge < -0.3 is 10.0 Å². The monoisotopic (exact) mass is 297 g/mol. The highest BCUT2D eigenvalue weighted by Crippen LogP contribution is 2.35. The smallest absolute Gasteiger partial charge is 0.129 e. The van der Waals surface area contributed by atoms with E-state index in [-0.39, 0.29) is 12.0 Å². The molecule has 118 valence electrons. The maximum atomic E-state index is 13.8. The van der Waals surface area contributed by atoms with Gasteiger partial charge in [-0.15, -0.1) is 0 Å². The summed E-state index contributed by atoms with van der Waals surface area (Å²) in [6.07, 6.45) is 5.96. The van der Waals surface area contributed by atoms with Gasteiger partial charge in [0.15, 0.2) is 0 Å². The summed E-state index contributed by atoms with van der Waals surface area (Å²) >= 11 is 0. The Morgan fingerprint density at radius 3 is 2.29 bits per heavy atom. The topological polar surface area (TPSA) is 23.5 Å². The van der Waals surface area contributed by atoms with Crippen molar-refractivity contribution in [1.82, 2.24) is 4.90 Å². The van der Waals surface area contributed by atoms with E-state index in [0.717, 1.165) is 31.7 Å². The summed E-state index contributed by atoms with van der Waals surface area (Å²) in [4.78, 5) is 2.09. The second-order valence-corrected chi connectivity index (χ2v) is 6.37. The number of aliphatic hydroxyl groups excluding tert-OH is 1. The second kappa shape index (κ2) is 6.84. The van der Waals surface area contributed by atoms with Crippen LogP contribution >= 0.6 is 0 Å². The van der Waals surface area contributed by atoms with Crippen LogP contribution in [0.4, 0.5) is 8.78 Å². The number of benzene rings is 1. The predicted molar refractivity (Wildman–Crippen MR) is 80.2 cm³/mol. The molecule has 1 atom stereocenters. The first-order valence-electron chi connectivity index (χ1n) is 7.75. The van der Waals surface area contributed by atoms with Crippen molar-refractivity contribution in [1.29, 1.82) is 0 Å². The molecule has 1 saturated carbocycles. The van der Waals surface area contributed by atoms with Crippen LogP contribution in [0.3, 0.4) is 0 Å². The van der Waals surface area contributed by atoms with E-state index in [1.807, 2.05) is 14.1 Å². The molecule has 0 heterocycles. The fourth-order valence-corrected chi connectivity index (χ4v) is 3.50. The molecule has 0 spiro atoms. The van der Waals surface area contributed by atoms with Crippen LogP contribution in [0.25, 0.3) is 0 Å². The molecule has 0 aromatic heterocycles. The van der Waals surface area contributed by atoms with E-state index >= 15 is 0 Å². The molecule has 1 N–H and O–H groups in total. The lowest BCUT2D eigenvalue weighted by Gasteiger charge is -2.43. The third-order valence-corrected chi connectivity index (χ3v) is 4.91. The summed E-state index contributed by atoms with van der Waals surface area (Å²) in [5.41, 5.74) is 0.0755. The Bertz CT molecular complexity index is 468. The highest BCUT2D eigenvalue weighted by Gasteiger charge is 2.40. The molecule has 21 heavy (non-hydrogen) atoms. The van der Waals surface area contributed by atoms with Gasteiger partial charge in [-0.1, -0.05) is 31.7 Å². The number of aliphatic hydroxyl groups is 1. The van der Waals surface area contributed by atoms with E-state index in [9.17, 15) is 13.9 Å². The van der Waals surface area contributed by atoms with Crippen LogP contribution in [0.2, 0.25) is 0 Å². The van der Waals surface area contributed by atoms with Crippen molar-refractivity contribution in [3.05, 3.63) is 35.4 Å². The van der Waals surface area contributed by atoms with Crippen molar-refractivity contribution in [2.24, 2.45) is 0 Å². The third-order valence-electron chi connectivity index (χ3n) is 4.91. The van der Waals surface area contributed by atoms with Crippen molar-refractivity contribution >= 4 is 0 Å². The van der Waals surface area contributed by atoms with E-state index in [2.05, 4.69) is 4.90 Å². The van der Waals surface area contributed by atoms with Gasteiger partial charge in [0.2, 0.25) is 0 Å². The number of hydrogen-bond donors (Lipinski definition) is 1. The highest BCUT2D eigenvalue weighted by atomic mass is 19.1. The van der Waals surface area contributed by atoms with Crippen molar-refractivity contribution < 1.29 is 13.9 Å². The summed E-state index contributed by atoms with van der Waals surface area (Å²) < 4.78 is 26.8. The number of hydrogen-bond acceptors (Lipinski definition) is 2. The first-order valence-corrected chi connectivity index (χ1v) is 7.75. The Morgan fingerprint density at radius 2 is 1.76 bits per heavy atom. The zero-order valence-electron chi connectivity index (χ0n) is 12.9. The maximum absolute atomic E-state index is 13.8. The zero-order valence-corrected chi connectivity index (χ0v) is 12.9. The van der Waals surface area contributed by atoms with Gasteiger partial charge in [0, 0.05) is 18.0 Å². The number of likely N-dealkylation sites (N-methyl/N-ethyl adjacent to an activating group) is 1. The number of nitrogens with zero attached hydrogens (tertiary/aromatic N) is 1. The van der Waals surface area contributed by atoms with Gasteiger partial charge in [-0.25, -0.2) is 8.78 Å². The Kier molecular flexibility index (Phi) is 5.33. The summed E-state index contributed by atoms with van der Waals surface area (Å²) in [6.45, 7) is 0. The lowest BCUT2D eigenvalue weighted by molar-refractivity contribution is -0.0178. The molecule has 2 rings (SSSR count). The average Bonchev–Trinajstić information content (AvgIpc) is 2.68. The largest absolute Gasteiger partial charge is 0.391 e. The average molecular weight is 297 g/mol. The molecular weight excluding hydrogens is 272 g/mol. The van der Waals surface area contributed by atoms with Gasteiger partial charge in [0.1, 0.15) is 11.6 Å². The van der Waals surface area contributed by atoms with E-state index in [1.165, 1.54) is 25.0 Å². The standard InChI is InChI=1S/C17H25F2NO/c1-20(2)17(9-5-3-4-6-10-17)16(21)11-13-7-8-14(18)12-15(13)19/h7-8,12,16,21H,3-6,9-11H2,1-2H3. The van der Waals surface area contributed by atoms with Gasteiger partial charge in [0.25, 0.3) is 0 Å². The van der Waals surface area contributed by atoms with Crippen LogP contribution in [-0.2, 0) is 6.42 Å². The molecule has 1 aliphatic carbocycles. The van der Waals surface area contributed by atoms with Crippen molar-refractivity contribution in [2.45, 2.75) is 56.6 Å². The summed E-state index contributed by atoms with van der Waals surface area (Å²) in [5, 5.41) is 10.8. The molecule has 4 heteroatoms. The molecule has 1 unspecified atom stereocenters. The summed E-state index contributed by atoms with van der Waals surface area (Å²) in [7, 11) is 3.96. The fraction of sp³-hybridized carbons (Fsp3) is 0.647. The first-order chi connectivity index (χ1) is 9.95. The molecule has 1 aromatic rings. The second-order valence-electron chi connectivity index (χ2n) is 6.37. The van der Waals surface area contributed by atoms with Crippen molar-refractivity contribution in [2.75, 3.05) is 14.1 Å². The normalized spacial score (nSPS) is 20.3. The molecule has 0 amide bonds. The van der Waals surface area contributed by atoms with Crippen LogP contribution in [-0.4, -0.2) is 35.7 Å². The van der Waals surface area contributed by atoms with Crippen LogP contribution in [0.5, 0.6) is 0 Å². The van der Waals surface area contributed by atoms with Gasteiger partial charge in [0.05, 0.1) is 6.10 Å². The molecule has 1 aliphatic rings. The van der Waals surface area contributed by atoms with Gasteiger partial charge in [-0.05, 0) is 38.6 Å². The Hall–Kier alpha value is -1.00. The fourth-order valence-electron chi connectivity index (χ4n) is 3.50. The van der Waals surface area contributed by atoms with Crippen molar-refractivity contribution in [3.63, 3.8) is 0 Å². The SMILES string of the molecule is CN(C)C1(C(O)Cc2ccc(F)cc2F)CCCCCC1. The van der Waals surface area contributed by atoms with E-state index in [4.69, 9.17) is 0 Å². The Labute approximate surface area is 125 Å². The third kappa shape index (κ3) is 3.61. The summed E-state index contributed by atoms with van der Waals surface area (Å²) in [5.74, 6) is -1.15. The number of halogens is 2. The molecule has 1 aromatic carbocycles. The summed E-state index contributed by atoms with van der Waals surface area (Å²) in [6, 6.07) is 3.58. The van der Waals surface area contributed by atoms with Gasteiger partial charge in [-0.2, -0.15) is 0 Å². The molecular formula is C17H25F2NO. The maximum Gasteiger partial charge on any atom is 0.129 e. The molecule has 1 fully saturated rings. The molecule has 0 saturated heterocycles. The van der Waals surface area contributed by atoms with Crippen LogP contribution in [0, 0.1) is 11.6 Å². The van der Waals surface area contributed by atoms with Gasteiger partial charge >= 0.3 is 0 Å². The van der Waals surface area contributed by atoms with E-state index in [1.54, 1.807) is 0 Å². The highest BCUT2D eigenvalue weighted by molar-refractivity contribution is 5.20.